The van der Waals surface area contributed by atoms with E-state index in [9.17, 15) is 0 Å². The molecule has 0 radical (unpaired) electrons. The highest BCUT2D eigenvalue weighted by Gasteiger charge is 2.15. The van der Waals surface area contributed by atoms with Crippen LogP contribution < -0.4 is 0 Å². The van der Waals surface area contributed by atoms with Crippen LogP contribution in [0.3, 0.4) is 0 Å². The molecular formula is C16H19NS. The Hall–Kier alpha value is -1.28. The summed E-state index contributed by atoms with van der Waals surface area (Å²) in [5, 5.41) is 1.10. The summed E-state index contributed by atoms with van der Waals surface area (Å²) in [6.45, 7) is 6.59. The van der Waals surface area contributed by atoms with Crippen LogP contribution in [0, 0.1) is 0 Å². The van der Waals surface area contributed by atoms with E-state index in [0.717, 1.165) is 16.5 Å². The first-order valence-corrected chi connectivity index (χ1v) is 7.18. The van der Waals surface area contributed by atoms with E-state index in [2.05, 4.69) is 63.2 Å². The summed E-state index contributed by atoms with van der Waals surface area (Å²) in [5.41, 5.74) is 2.61. The Morgan fingerprint density at radius 2 is 1.67 bits per heavy atom. The number of hydrogen-bond acceptors (Lipinski definition) is 2. The highest BCUT2D eigenvalue weighted by atomic mass is 32.2. The molecule has 0 atom stereocenters. The number of aromatic nitrogens is 1. The average molecular weight is 257 g/mol. The fourth-order valence-electron chi connectivity index (χ4n) is 1.64. The Morgan fingerprint density at radius 3 is 2.33 bits per heavy atom. The Morgan fingerprint density at radius 1 is 0.944 bits per heavy atom. The topological polar surface area (TPSA) is 12.9 Å². The van der Waals surface area contributed by atoms with Crippen molar-refractivity contribution in [3.05, 3.63) is 59.8 Å². The van der Waals surface area contributed by atoms with Crippen molar-refractivity contribution in [3.8, 4) is 0 Å². The van der Waals surface area contributed by atoms with Crippen LogP contribution >= 0.6 is 11.8 Å². The van der Waals surface area contributed by atoms with Crippen LogP contribution in [-0.4, -0.2) is 4.98 Å². The smallest absolute Gasteiger partial charge is 0.0966 e. The van der Waals surface area contributed by atoms with Gasteiger partial charge >= 0.3 is 0 Å². The molecule has 0 spiro atoms. The molecule has 1 nitrogen and oxygen atoms in total. The zero-order valence-electron chi connectivity index (χ0n) is 11.2. The molecule has 1 heterocycles. The molecule has 2 rings (SSSR count). The van der Waals surface area contributed by atoms with Crippen LogP contribution in [0.5, 0.6) is 0 Å². The molecule has 0 fully saturated rings. The standard InChI is InChI=1S/C16H19NS/c1-16(2,3)14-10-7-11-15(17-14)18-12-13-8-5-4-6-9-13/h4-11H,12H2,1-3H3. The summed E-state index contributed by atoms with van der Waals surface area (Å²) in [4.78, 5) is 4.72. The van der Waals surface area contributed by atoms with E-state index in [1.165, 1.54) is 5.56 Å². The molecule has 0 aliphatic heterocycles. The quantitative estimate of drug-likeness (QED) is 0.741. The average Bonchev–Trinajstić information content (AvgIpc) is 2.37. The molecule has 2 heteroatoms. The van der Waals surface area contributed by atoms with E-state index >= 15 is 0 Å². The largest absolute Gasteiger partial charge is 0.246 e. The summed E-state index contributed by atoms with van der Waals surface area (Å²) >= 11 is 1.79. The lowest BCUT2D eigenvalue weighted by Crippen LogP contribution is -2.13. The number of thioether (sulfide) groups is 1. The van der Waals surface area contributed by atoms with Gasteiger partial charge < -0.3 is 0 Å². The minimum atomic E-state index is 0.114. The van der Waals surface area contributed by atoms with Crippen molar-refractivity contribution in [2.24, 2.45) is 0 Å². The minimum Gasteiger partial charge on any atom is -0.246 e. The lowest BCUT2D eigenvalue weighted by molar-refractivity contribution is 0.563. The Bertz CT molecular complexity index is 500. The number of pyridine rings is 1. The van der Waals surface area contributed by atoms with Crippen molar-refractivity contribution in [2.45, 2.75) is 37.0 Å². The van der Waals surface area contributed by atoms with E-state index in [4.69, 9.17) is 4.98 Å². The van der Waals surface area contributed by atoms with Crippen molar-refractivity contribution in [1.82, 2.24) is 4.98 Å². The Kier molecular flexibility index (Phi) is 4.07. The van der Waals surface area contributed by atoms with Crippen LogP contribution in [0.1, 0.15) is 32.0 Å². The molecule has 0 bridgehead atoms. The van der Waals surface area contributed by atoms with Gasteiger partial charge in [-0.05, 0) is 17.7 Å². The van der Waals surface area contributed by atoms with E-state index in [1.807, 2.05) is 6.07 Å². The van der Waals surface area contributed by atoms with Gasteiger partial charge in [-0.25, -0.2) is 4.98 Å². The van der Waals surface area contributed by atoms with Gasteiger partial charge in [-0.1, -0.05) is 57.2 Å². The predicted molar refractivity (Wildman–Crippen MR) is 78.9 cm³/mol. The molecule has 94 valence electrons. The molecule has 0 unspecified atom stereocenters. The third-order valence-corrected chi connectivity index (χ3v) is 3.72. The van der Waals surface area contributed by atoms with Gasteiger partial charge in [-0.3, -0.25) is 0 Å². The lowest BCUT2D eigenvalue weighted by atomic mass is 9.92. The second-order valence-corrected chi connectivity index (χ2v) is 6.38. The monoisotopic (exact) mass is 257 g/mol. The molecule has 0 saturated heterocycles. The summed E-state index contributed by atoms with van der Waals surface area (Å²) in [6.07, 6.45) is 0. The van der Waals surface area contributed by atoms with Crippen LogP contribution in [0.4, 0.5) is 0 Å². The molecule has 2 aromatic rings. The SMILES string of the molecule is CC(C)(C)c1cccc(SCc2ccccc2)n1. The predicted octanol–water partition coefficient (Wildman–Crippen LogP) is 4.67. The highest BCUT2D eigenvalue weighted by Crippen LogP contribution is 2.25. The van der Waals surface area contributed by atoms with Gasteiger partial charge in [0.05, 0.1) is 5.03 Å². The summed E-state index contributed by atoms with van der Waals surface area (Å²) in [5.74, 6) is 0.974. The molecule has 0 saturated carbocycles. The summed E-state index contributed by atoms with van der Waals surface area (Å²) < 4.78 is 0. The van der Waals surface area contributed by atoms with E-state index in [1.54, 1.807) is 11.8 Å². The van der Waals surface area contributed by atoms with Gasteiger partial charge in [0.25, 0.3) is 0 Å². The third-order valence-electron chi connectivity index (χ3n) is 2.72. The molecule has 0 amide bonds. The number of nitrogens with zero attached hydrogens (tertiary/aromatic N) is 1. The summed E-state index contributed by atoms with van der Waals surface area (Å²) in [7, 11) is 0. The molecule has 0 aliphatic rings. The second kappa shape index (κ2) is 5.57. The van der Waals surface area contributed by atoms with Crippen molar-refractivity contribution in [2.75, 3.05) is 0 Å². The fourth-order valence-corrected chi connectivity index (χ4v) is 2.49. The maximum atomic E-state index is 4.72. The Balaban J connectivity index is 2.06. The first-order valence-electron chi connectivity index (χ1n) is 6.20. The van der Waals surface area contributed by atoms with Crippen molar-refractivity contribution in [1.29, 1.82) is 0 Å². The highest BCUT2D eigenvalue weighted by molar-refractivity contribution is 7.98. The van der Waals surface area contributed by atoms with Gasteiger partial charge in [0.1, 0.15) is 0 Å². The maximum absolute atomic E-state index is 4.72. The van der Waals surface area contributed by atoms with Crippen molar-refractivity contribution >= 4 is 11.8 Å². The van der Waals surface area contributed by atoms with Gasteiger partial charge in [-0.15, -0.1) is 11.8 Å². The molecule has 0 aliphatic carbocycles. The van der Waals surface area contributed by atoms with Crippen LogP contribution in [0.15, 0.2) is 53.6 Å². The molecule has 0 N–H and O–H groups in total. The maximum Gasteiger partial charge on any atom is 0.0966 e. The van der Waals surface area contributed by atoms with Gasteiger partial charge in [0, 0.05) is 16.9 Å². The van der Waals surface area contributed by atoms with Gasteiger partial charge in [0.2, 0.25) is 0 Å². The zero-order chi connectivity index (χ0) is 13.0. The lowest BCUT2D eigenvalue weighted by Gasteiger charge is -2.18. The number of rotatable bonds is 3. The van der Waals surface area contributed by atoms with Gasteiger partial charge in [0.15, 0.2) is 0 Å². The van der Waals surface area contributed by atoms with E-state index < -0.39 is 0 Å². The second-order valence-electron chi connectivity index (χ2n) is 5.39. The summed E-state index contributed by atoms with van der Waals surface area (Å²) in [6, 6.07) is 16.8. The molecule has 18 heavy (non-hydrogen) atoms. The normalized spacial score (nSPS) is 11.5. The number of hydrogen-bond donors (Lipinski definition) is 0. The molecule has 1 aromatic carbocycles. The van der Waals surface area contributed by atoms with Crippen molar-refractivity contribution < 1.29 is 0 Å². The first-order chi connectivity index (χ1) is 8.55. The molecule has 1 aromatic heterocycles. The Labute approximate surface area is 114 Å². The fraction of sp³-hybridized carbons (Fsp3) is 0.312. The third kappa shape index (κ3) is 3.61. The number of benzene rings is 1. The van der Waals surface area contributed by atoms with Gasteiger partial charge in [-0.2, -0.15) is 0 Å². The van der Waals surface area contributed by atoms with Crippen LogP contribution in [-0.2, 0) is 11.2 Å². The first kappa shape index (κ1) is 13.2. The van der Waals surface area contributed by atoms with E-state index in [0.29, 0.717) is 0 Å². The van der Waals surface area contributed by atoms with Crippen molar-refractivity contribution in [3.63, 3.8) is 0 Å². The molecular weight excluding hydrogens is 238 g/mol. The minimum absolute atomic E-state index is 0.114. The zero-order valence-corrected chi connectivity index (χ0v) is 12.0. The van der Waals surface area contributed by atoms with Crippen LogP contribution in [0.25, 0.3) is 0 Å². The van der Waals surface area contributed by atoms with E-state index in [-0.39, 0.29) is 5.41 Å². The van der Waals surface area contributed by atoms with Crippen LogP contribution in [0.2, 0.25) is 0 Å².